The van der Waals surface area contributed by atoms with E-state index in [1.165, 1.54) is 22.2 Å². The summed E-state index contributed by atoms with van der Waals surface area (Å²) in [5.41, 5.74) is 2.15. The van der Waals surface area contributed by atoms with Gasteiger partial charge in [-0.25, -0.2) is 4.98 Å². The zero-order valence-corrected chi connectivity index (χ0v) is 18.0. The molecule has 0 aliphatic heterocycles. The largest absolute Gasteiger partial charge is 0.351 e. The fraction of sp³-hybridized carbons (Fsp3) is 0.350. The highest BCUT2D eigenvalue weighted by Crippen LogP contribution is 2.35. The van der Waals surface area contributed by atoms with Gasteiger partial charge in [0.1, 0.15) is 4.83 Å². The average molecular weight is 434 g/mol. The van der Waals surface area contributed by atoms with Gasteiger partial charge in [0.05, 0.1) is 10.6 Å². The van der Waals surface area contributed by atoms with Crippen LogP contribution >= 0.6 is 34.7 Å². The number of hydrogen-bond donors (Lipinski definition) is 1. The molecule has 5 nitrogen and oxygen atoms in total. The molecule has 1 unspecified atom stereocenters. The topological polar surface area (TPSA) is 64.0 Å². The molecule has 3 aromatic rings. The molecule has 1 aliphatic rings. The van der Waals surface area contributed by atoms with Crippen LogP contribution in [-0.2, 0) is 31.2 Å². The minimum atomic E-state index is -0.366. The first-order valence-corrected chi connectivity index (χ1v) is 11.2. The molecule has 0 fully saturated rings. The maximum Gasteiger partial charge on any atom is 0.262 e. The van der Waals surface area contributed by atoms with Crippen LogP contribution in [0.2, 0.25) is 5.02 Å². The lowest BCUT2D eigenvalue weighted by Gasteiger charge is -2.13. The molecule has 1 N–H and O–H groups in total. The van der Waals surface area contributed by atoms with Crippen LogP contribution in [0.3, 0.4) is 0 Å². The van der Waals surface area contributed by atoms with E-state index in [0.717, 1.165) is 35.0 Å². The van der Waals surface area contributed by atoms with E-state index in [-0.39, 0.29) is 16.7 Å². The third kappa shape index (κ3) is 3.71. The van der Waals surface area contributed by atoms with Crippen molar-refractivity contribution < 1.29 is 4.79 Å². The number of aryl methyl sites for hydroxylation is 2. The molecule has 0 saturated carbocycles. The van der Waals surface area contributed by atoms with E-state index < -0.39 is 0 Å². The number of benzene rings is 1. The monoisotopic (exact) mass is 433 g/mol. The molecule has 146 valence electrons. The summed E-state index contributed by atoms with van der Waals surface area (Å²) in [6, 6.07) is 7.37. The van der Waals surface area contributed by atoms with Crippen molar-refractivity contribution in [1.82, 2.24) is 14.9 Å². The van der Waals surface area contributed by atoms with Crippen LogP contribution in [-0.4, -0.2) is 20.7 Å². The first kappa shape index (κ1) is 19.5. The average Bonchev–Trinajstić information content (AvgIpc) is 3.25. The Morgan fingerprint density at radius 3 is 2.86 bits per heavy atom. The van der Waals surface area contributed by atoms with Crippen molar-refractivity contribution >= 4 is 50.8 Å². The number of aromatic nitrogens is 2. The number of thiophene rings is 1. The van der Waals surface area contributed by atoms with E-state index in [1.807, 2.05) is 19.1 Å². The van der Waals surface area contributed by atoms with Crippen molar-refractivity contribution in [3.63, 3.8) is 0 Å². The maximum absolute atomic E-state index is 12.9. The summed E-state index contributed by atoms with van der Waals surface area (Å²) in [5.74, 6) is -0.0945. The zero-order valence-electron chi connectivity index (χ0n) is 15.6. The number of rotatable bonds is 5. The van der Waals surface area contributed by atoms with Crippen molar-refractivity contribution in [2.75, 3.05) is 0 Å². The standard InChI is InChI=1S/C20H20ClN3O2S2/c1-11(17(25)22-10-12-6-8-13(21)9-7-12)27-20-23-18-16(19(26)24(20)2)14-4-3-5-15(14)28-18/h6-9,11H,3-5,10H2,1-2H3,(H,22,25). The minimum absolute atomic E-state index is 0.0133. The molecular formula is C20H20ClN3O2S2. The molecule has 1 atom stereocenters. The molecule has 8 heteroatoms. The fourth-order valence-corrected chi connectivity index (χ4v) is 5.69. The predicted octanol–water partition coefficient (Wildman–Crippen LogP) is 3.93. The van der Waals surface area contributed by atoms with E-state index >= 15 is 0 Å². The van der Waals surface area contributed by atoms with Gasteiger partial charge in [-0.3, -0.25) is 14.2 Å². The normalized spacial score (nSPS) is 14.2. The summed E-state index contributed by atoms with van der Waals surface area (Å²) in [6.45, 7) is 2.26. The van der Waals surface area contributed by atoms with Crippen molar-refractivity contribution in [3.8, 4) is 0 Å². The number of carbonyl (C=O) groups is 1. The first-order valence-electron chi connectivity index (χ1n) is 9.14. The molecule has 0 spiro atoms. The van der Waals surface area contributed by atoms with Crippen molar-refractivity contribution in [3.05, 3.63) is 55.6 Å². The van der Waals surface area contributed by atoms with E-state index in [1.54, 1.807) is 35.1 Å². The van der Waals surface area contributed by atoms with Crippen LogP contribution in [0.15, 0.2) is 34.2 Å². The van der Waals surface area contributed by atoms with Crippen LogP contribution in [0.4, 0.5) is 0 Å². The van der Waals surface area contributed by atoms with E-state index in [4.69, 9.17) is 16.6 Å². The number of thioether (sulfide) groups is 1. The molecule has 0 saturated heterocycles. The second kappa shape index (κ2) is 7.89. The smallest absolute Gasteiger partial charge is 0.262 e. The van der Waals surface area contributed by atoms with Gasteiger partial charge in [-0.15, -0.1) is 11.3 Å². The molecular weight excluding hydrogens is 414 g/mol. The van der Waals surface area contributed by atoms with Crippen LogP contribution < -0.4 is 10.9 Å². The molecule has 1 aromatic carbocycles. The number of amides is 1. The van der Waals surface area contributed by atoms with Gasteiger partial charge in [0.15, 0.2) is 5.16 Å². The second-order valence-electron chi connectivity index (χ2n) is 6.90. The second-order valence-corrected chi connectivity index (χ2v) is 9.73. The Kier molecular flexibility index (Phi) is 5.49. The number of fused-ring (bicyclic) bond motifs is 3. The first-order chi connectivity index (χ1) is 13.4. The van der Waals surface area contributed by atoms with Gasteiger partial charge < -0.3 is 5.32 Å². The highest BCUT2D eigenvalue weighted by molar-refractivity contribution is 8.00. The lowest BCUT2D eigenvalue weighted by molar-refractivity contribution is -0.120. The van der Waals surface area contributed by atoms with Gasteiger partial charge >= 0.3 is 0 Å². The van der Waals surface area contributed by atoms with Crippen LogP contribution in [0.25, 0.3) is 10.2 Å². The lowest BCUT2D eigenvalue weighted by atomic mass is 10.2. The minimum Gasteiger partial charge on any atom is -0.351 e. The summed E-state index contributed by atoms with van der Waals surface area (Å²) in [6.07, 6.45) is 3.11. The van der Waals surface area contributed by atoms with Crippen molar-refractivity contribution in [2.24, 2.45) is 7.05 Å². The highest BCUT2D eigenvalue weighted by atomic mass is 35.5. The number of halogens is 1. The Hall–Kier alpha value is -1.83. The number of nitrogens with zero attached hydrogens (tertiary/aromatic N) is 2. The Bertz CT molecular complexity index is 1110. The highest BCUT2D eigenvalue weighted by Gasteiger charge is 2.24. The predicted molar refractivity (Wildman–Crippen MR) is 116 cm³/mol. The Morgan fingerprint density at radius 1 is 1.36 bits per heavy atom. The zero-order chi connectivity index (χ0) is 19.8. The molecule has 28 heavy (non-hydrogen) atoms. The number of nitrogens with one attached hydrogen (secondary N) is 1. The van der Waals surface area contributed by atoms with Gasteiger partial charge in [0, 0.05) is 23.5 Å². The molecule has 0 radical (unpaired) electrons. The number of carbonyl (C=O) groups excluding carboxylic acids is 1. The third-order valence-electron chi connectivity index (χ3n) is 4.94. The molecule has 0 bridgehead atoms. The van der Waals surface area contributed by atoms with Gasteiger partial charge in [0.2, 0.25) is 5.91 Å². The Labute approximate surface area is 176 Å². The third-order valence-corrected chi connectivity index (χ3v) is 7.52. The summed E-state index contributed by atoms with van der Waals surface area (Å²) in [5, 5.41) is 4.57. The summed E-state index contributed by atoms with van der Waals surface area (Å²) < 4.78 is 1.57. The number of hydrogen-bond acceptors (Lipinski definition) is 5. The quantitative estimate of drug-likeness (QED) is 0.489. The van der Waals surface area contributed by atoms with E-state index in [0.29, 0.717) is 16.7 Å². The van der Waals surface area contributed by atoms with Gasteiger partial charge in [-0.05, 0) is 49.4 Å². The lowest BCUT2D eigenvalue weighted by Crippen LogP contribution is -2.31. The van der Waals surface area contributed by atoms with E-state index in [2.05, 4.69) is 5.32 Å². The van der Waals surface area contributed by atoms with Crippen LogP contribution in [0, 0.1) is 0 Å². The summed E-state index contributed by atoms with van der Waals surface area (Å²) in [4.78, 5) is 32.1. The maximum atomic E-state index is 12.9. The Morgan fingerprint density at radius 2 is 2.11 bits per heavy atom. The molecule has 1 amide bonds. The van der Waals surface area contributed by atoms with Crippen molar-refractivity contribution in [1.29, 1.82) is 0 Å². The summed E-state index contributed by atoms with van der Waals surface area (Å²) >= 11 is 8.81. The van der Waals surface area contributed by atoms with Gasteiger partial charge in [-0.1, -0.05) is 35.5 Å². The molecule has 4 rings (SSSR count). The summed E-state index contributed by atoms with van der Waals surface area (Å²) in [7, 11) is 1.73. The molecule has 2 heterocycles. The Balaban J connectivity index is 1.49. The van der Waals surface area contributed by atoms with Crippen LogP contribution in [0.1, 0.15) is 29.3 Å². The van der Waals surface area contributed by atoms with E-state index in [9.17, 15) is 9.59 Å². The SMILES string of the molecule is CC(Sc1nc2sc3c(c2c(=O)n1C)CCC3)C(=O)NCc1ccc(Cl)cc1. The fourth-order valence-electron chi connectivity index (χ4n) is 3.36. The van der Waals surface area contributed by atoms with Crippen LogP contribution in [0.5, 0.6) is 0 Å². The molecule has 1 aliphatic carbocycles. The van der Waals surface area contributed by atoms with Gasteiger partial charge in [0.25, 0.3) is 5.56 Å². The van der Waals surface area contributed by atoms with Gasteiger partial charge in [-0.2, -0.15) is 0 Å². The molecule has 2 aromatic heterocycles. The van der Waals surface area contributed by atoms with Crippen molar-refractivity contribution in [2.45, 2.75) is 43.1 Å².